The van der Waals surface area contributed by atoms with Crippen molar-refractivity contribution >= 4 is 31.0 Å². The van der Waals surface area contributed by atoms with E-state index in [0.29, 0.717) is 0 Å². The fourth-order valence-electron chi connectivity index (χ4n) is 0.0227. The van der Waals surface area contributed by atoms with E-state index in [0.717, 1.165) is 0 Å². The second-order valence-corrected chi connectivity index (χ2v) is 1.80. The van der Waals surface area contributed by atoms with Gasteiger partial charge < -0.3 is 11.8 Å². The predicted molar refractivity (Wildman–Crippen MR) is 18.9 cm³/mol. The molecule has 0 radical (unpaired) electrons. The summed E-state index contributed by atoms with van der Waals surface area (Å²) in [5.41, 5.74) is 0. The molecular formula is CAl2NNaO3. The number of hydrogen-bond acceptors (Lipinski definition) is 4. The molecule has 0 heterocycles. The molecule has 0 aromatic rings. The Bertz CT molecular complexity index is 68.9. The molecule has 0 saturated carbocycles. The Morgan fingerprint density at radius 3 is 1.50 bits per heavy atom. The van der Waals surface area contributed by atoms with Gasteiger partial charge in [0.2, 0.25) is 0 Å². The van der Waals surface area contributed by atoms with Crippen molar-refractivity contribution in [3.63, 3.8) is 0 Å². The van der Waals surface area contributed by atoms with Crippen molar-refractivity contribution in [2.24, 2.45) is 0 Å². The van der Waals surface area contributed by atoms with Crippen molar-refractivity contribution in [3.05, 3.63) is 6.57 Å². The second kappa shape index (κ2) is 24.6. The summed E-state index contributed by atoms with van der Waals surface area (Å²) in [5.74, 6) is 0. The molecule has 0 spiro atoms. The van der Waals surface area contributed by atoms with E-state index in [1.165, 1.54) is 0 Å². The van der Waals surface area contributed by atoms with Crippen LogP contribution in [0.3, 0.4) is 0 Å². The second-order valence-electron chi connectivity index (χ2n) is 0.329. The molecule has 0 saturated heterocycles. The Morgan fingerprint density at radius 1 is 1.25 bits per heavy atom. The van der Waals surface area contributed by atoms with Crippen LogP contribution in [0.15, 0.2) is 0 Å². The van der Waals surface area contributed by atoms with E-state index >= 15 is 0 Å². The van der Waals surface area contributed by atoms with Gasteiger partial charge in [-0.3, -0.25) is 0 Å². The normalized spacial score (nSPS) is 2.75. The van der Waals surface area contributed by atoms with Gasteiger partial charge in [-0.15, -0.1) is 0 Å². The average molecular weight is 151 g/mol. The van der Waals surface area contributed by atoms with Crippen LogP contribution in [-0.2, 0) is 10.4 Å². The first kappa shape index (κ1) is 16.0. The molecule has 0 fully saturated rings. The van der Waals surface area contributed by atoms with Crippen molar-refractivity contribution in [2.45, 2.75) is 0 Å². The first-order valence-electron chi connectivity index (χ1n) is 1.17. The van der Waals surface area contributed by atoms with Crippen LogP contribution < -0.4 is 29.6 Å². The third-order valence-corrected chi connectivity index (χ3v) is 1.00. The van der Waals surface area contributed by atoms with Crippen LogP contribution in [0.4, 0.5) is 0 Å². The van der Waals surface area contributed by atoms with Gasteiger partial charge in [-0.2, -0.15) is 0 Å². The van der Waals surface area contributed by atoms with Crippen LogP contribution in [0, 0.1) is 11.8 Å². The summed E-state index contributed by atoms with van der Waals surface area (Å²) >= 11 is -2.48. The Kier molecular flexibility index (Phi) is 49.1. The van der Waals surface area contributed by atoms with Crippen molar-refractivity contribution < 1.29 is 40.0 Å². The van der Waals surface area contributed by atoms with Crippen molar-refractivity contribution in [3.8, 4) is 0 Å². The molecule has 0 aliphatic carbocycles. The molecule has 0 bridgehead atoms. The molecule has 0 aromatic heterocycles. The first-order valence-corrected chi connectivity index (χ1v) is 3.05. The molecule has 4 nitrogen and oxygen atoms in total. The molecule has 0 amide bonds. The van der Waals surface area contributed by atoms with Gasteiger partial charge in [-0.25, -0.2) is 0 Å². The van der Waals surface area contributed by atoms with E-state index in [1.54, 1.807) is 0 Å². The van der Waals surface area contributed by atoms with E-state index < -0.39 is 31.0 Å². The molecule has 0 atom stereocenters. The molecule has 0 aromatic carbocycles. The van der Waals surface area contributed by atoms with Gasteiger partial charge in [0, 0.05) is 0 Å². The molecule has 0 rings (SSSR count). The number of nitrogens with zero attached hydrogens (tertiary/aromatic N) is 1. The quantitative estimate of drug-likeness (QED) is 0.298. The van der Waals surface area contributed by atoms with E-state index in [-0.39, 0.29) is 29.6 Å². The van der Waals surface area contributed by atoms with Crippen LogP contribution in [0.25, 0.3) is 0 Å². The summed E-state index contributed by atoms with van der Waals surface area (Å²) in [7, 11) is 0. The minimum atomic E-state index is -1.24. The molecular weight excluding hydrogens is 151 g/mol. The first-order chi connectivity index (χ1) is 3.41. The van der Waals surface area contributed by atoms with E-state index in [1.807, 2.05) is 0 Å². The summed E-state index contributed by atoms with van der Waals surface area (Å²) in [6.45, 7) is 4.75. The summed E-state index contributed by atoms with van der Waals surface area (Å²) in [6.07, 6.45) is 0. The minimum absolute atomic E-state index is 0. The standard InChI is InChI=1S/CN.2Al.Na.3O/c1-2;;;;;;/q-1;;;+1;;;. The molecule has 34 valence electrons. The predicted octanol–water partition coefficient (Wildman–Crippen LogP) is -3.97. The Balaban J connectivity index is -0.0000000750. The summed E-state index contributed by atoms with van der Waals surface area (Å²) < 4.78 is 22.3. The zero-order chi connectivity index (χ0) is 6.12. The van der Waals surface area contributed by atoms with Gasteiger partial charge >= 0.3 is 71.0 Å². The maximum atomic E-state index is 9.21. The monoisotopic (exact) mass is 151 g/mol. The van der Waals surface area contributed by atoms with E-state index in [2.05, 4.69) is 2.84 Å². The van der Waals surface area contributed by atoms with Crippen LogP contribution >= 0.6 is 0 Å². The maximum absolute atomic E-state index is 9.21. The average Bonchev–Trinajstić information content (AvgIpc) is 1.75. The summed E-state index contributed by atoms with van der Waals surface area (Å²) in [6, 6.07) is 0. The van der Waals surface area contributed by atoms with Crippen molar-refractivity contribution in [1.29, 1.82) is 5.26 Å². The van der Waals surface area contributed by atoms with E-state index in [4.69, 9.17) is 11.8 Å². The zero-order valence-corrected chi connectivity index (χ0v) is 8.64. The fraction of sp³-hybridized carbons (Fsp3) is 0. The van der Waals surface area contributed by atoms with Crippen LogP contribution in [0.5, 0.6) is 0 Å². The Labute approximate surface area is 82.0 Å². The van der Waals surface area contributed by atoms with Crippen LogP contribution in [0.1, 0.15) is 0 Å². The summed E-state index contributed by atoms with van der Waals surface area (Å²) in [4.78, 5) is 0. The Morgan fingerprint density at radius 2 is 1.50 bits per heavy atom. The third-order valence-electron chi connectivity index (χ3n) is 0.111. The SMILES string of the molecule is [C-]#N.[Na+].[O]=[Al][O][Al]=[O]. The van der Waals surface area contributed by atoms with Gasteiger partial charge in [0.1, 0.15) is 0 Å². The van der Waals surface area contributed by atoms with Crippen LogP contribution in [0.2, 0.25) is 0 Å². The van der Waals surface area contributed by atoms with Gasteiger partial charge in [-0.1, -0.05) is 0 Å². The summed E-state index contributed by atoms with van der Waals surface area (Å²) in [5, 5.41) is 6.25. The molecule has 0 aliphatic heterocycles. The molecule has 0 N–H and O–H groups in total. The van der Waals surface area contributed by atoms with Gasteiger partial charge in [0.25, 0.3) is 0 Å². The molecule has 7 heteroatoms. The molecule has 8 heavy (non-hydrogen) atoms. The fourth-order valence-corrected chi connectivity index (χ4v) is 0.204. The van der Waals surface area contributed by atoms with Gasteiger partial charge in [0.15, 0.2) is 0 Å². The zero-order valence-electron chi connectivity index (χ0n) is 4.33. The van der Waals surface area contributed by atoms with Gasteiger partial charge in [-0.05, 0) is 0 Å². The van der Waals surface area contributed by atoms with Crippen molar-refractivity contribution in [2.75, 3.05) is 0 Å². The topological polar surface area (TPSA) is 67.2 Å². The molecule has 0 unspecified atom stereocenters. The van der Waals surface area contributed by atoms with Gasteiger partial charge in [0.05, 0.1) is 0 Å². The number of hydrogen-bond donors (Lipinski definition) is 0. The van der Waals surface area contributed by atoms with E-state index in [9.17, 15) is 7.61 Å². The number of rotatable bonds is 2. The van der Waals surface area contributed by atoms with Crippen molar-refractivity contribution in [1.82, 2.24) is 0 Å². The third kappa shape index (κ3) is 28.2. The van der Waals surface area contributed by atoms with Crippen LogP contribution in [-0.4, -0.2) is 31.0 Å². The Hall–Kier alpha value is 0.955. The molecule has 0 aliphatic rings.